The van der Waals surface area contributed by atoms with Crippen LogP contribution in [0, 0.1) is 0 Å². The van der Waals surface area contributed by atoms with Crippen molar-refractivity contribution in [3.05, 3.63) is 66.1 Å². The Balaban J connectivity index is 0.000000610. The molecule has 1 aliphatic heterocycles. The van der Waals surface area contributed by atoms with E-state index in [4.69, 9.17) is 15.2 Å². The van der Waals surface area contributed by atoms with Gasteiger partial charge < -0.3 is 20.5 Å². The molecule has 0 unspecified atom stereocenters. The number of aliphatic imine (C=N–C) groups is 1. The van der Waals surface area contributed by atoms with E-state index in [1.54, 1.807) is 0 Å². The predicted octanol–water partition coefficient (Wildman–Crippen LogP) is 2.68. The van der Waals surface area contributed by atoms with Gasteiger partial charge in [-0.05, 0) is 52.7 Å². The number of anilines is 1. The van der Waals surface area contributed by atoms with Crippen LogP contribution in [-0.4, -0.2) is 31.3 Å². The molecule has 0 bridgehead atoms. The summed E-state index contributed by atoms with van der Waals surface area (Å²) in [7, 11) is 0. The molecule has 0 radical (unpaired) electrons. The molecular weight excluding hydrogens is 355 g/mol. The number of hydrogen-bond acceptors (Lipinski definition) is 2. The Labute approximate surface area is 188 Å². The van der Waals surface area contributed by atoms with Gasteiger partial charge in [-0.1, -0.05) is 48.5 Å². The van der Waals surface area contributed by atoms with Crippen molar-refractivity contribution < 1.29 is 23.6 Å². The van der Waals surface area contributed by atoms with Crippen molar-refractivity contribution in [1.29, 1.82) is 0 Å². The second-order valence-electron chi connectivity index (χ2n) is 7.25. The van der Waals surface area contributed by atoms with Gasteiger partial charge in [0, 0.05) is 31.0 Å². The molecule has 5 nitrogen and oxygen atoms in total. The maximum atomic E-state index is 4.94. The number of rotatable bonds is 5. The first-order chi connectivity index (χ1) is 13.6. The van der Waals surface area contributed by atoms with E-state index < -0.39 is 0 Å². The topological polar surface area (TPSA) is 51.0 Å². The molecule has 3 rings (SSSR count). The van der Waals surface area contributed by atoms with Crippen LogP contribution in [0.3, 0.4) is 0 Å². The van der Waals surface area contributed by atoms with E-state index in [0.717, 1.165) is 30.5 Å². The summed E-state index contributed by atoms with van der Waals surface area (Å²) >= 11 is 0. The molecule has 152 valence electrons. The summed E-state index contributed by atoms with van der Waals surface area (Å²) in [6.45, 7) is 10.3. The molecule has 0 aromatic heterocycles. The minimum Gasteiger partial charge on any atom is -0.588 e. The van der Waals surface area contributed by atoms with Crippen LogP contribution in [0.4, 0.5) is 11.4 Å². The number of benzene rings is 2. The van der Waals surface area contributed by atoms with E-state index in [1.165, 1.54) is 12.8 Å². The molecule has 1 saturated heterocycles. The average Bonchev–Trinajstić information content (AvgIpc) is 3.26. The van der Waals surface area contributed by atoms with Crippen molar-refractivity contribution in [3.63, 3.8) is 0 Å². The van der Waals surface area contributed by atoms with Crippen molar-refractivity contribution in [1.82, 2.24) is 5.32 Å². The third-order valence-corrected chi connectivity index (χ3v) is 3.80. The Morgan fingerprint density at radius 2 is 1.48 bits per heavy atom. The second-order valence-corrected chi connectivity index (χ2v) is 7.25. The Kier molecular flexibility index (Phi) is 12.2. The molecule has 1 heterocycles. The SMILES string of the molecule is C1CCOC1.CC(C)N=C(NC(C)C)N([N-]c1ccccc1)c1ccccc1.[Li+]. The molecule has 29 heavy (non-hydrogen) atoms. The van der Waals surface area contributed by atoms with Crippen LogP contribution < -0.4 is 29.2 Å². The number of ether oxygens (including phenoxy) is 1. The minimum atomic E-state index is 0. The fourth-order valence-corrected chi connectivity index (χ4v) is 2.57. The summed E-state index contributed by atoms with van der Waals surface area (Å²) in [5.74, 6) is 0.755. The summed E-state index contributed by atoms with van der Waals surface area (Å²) in [4.78, 5) is 4.73. The van der Waals surface area contributed by atoms with Crippen LogP contribution in [0.15, 0.2) is 65.7 Å². The summed E-state index contributed by atoms with van der Waals surface area (Å²) in [6.07, 6.45) is 2.56. The third-order valence-electron chi connectivity index (χ3n) is 3.80. The molecule has 2 aromatic carbocycles. The van der Waals surface area contributed by atoms with Crippen LogP contribution in [0.25, 0.3) is 5.43 Å². The Hall–Kier alpha value is -1.93. The van der Waals surface area contributed by atoms with Crippen molar-refractivity contribution in [2.24, 2.45) is 4.99 Å². The van der Waals surface area contributed by atoms with Crippen LogP contribution >= 0.6 is 0 Å². The Morgan fingerprint density at radius 3 is 1.93 bits per heavy atom. The van der Waals surface area contributed by atoms with E-state index in [9.17, 15) is 0 Å². The molecule has 0 atom stereocenters. The zero-order valence-corrected chi connectivity index (χ0v) is 18.5. The minimum absolute atomic E-state index is 0. The molecule has 1 N–H and O–H groups in total. The number of nitrogens with one attached hydrogen (secondary N) is 1. The first-order valence-corrected chi connectivity index (χ1v) is 10.1. The van der Waals surface area contributed by atoms with Gasteiger partial charge >= 0.3 is 18.9 Å². The number of para-hydroxylation sites is 1. The summed E-state index contributed by atoms with van der Waals surface area (Å²) in [5, 5.41) is 5.28. The van der Waals surface area contributed by atoms with Crippen molar-refractivity contribution in [2.75, 3.05) is 18.2 Å². The van der Waals surface area contributed by atoms with Gasteiger partial charge in [0.2, 0.25) is 0 Å². The van der Waals surface area contributed by atoms with Gasteiger partial charge in [-0.2, -0.15) is 0 Å². The van der Waals surface area contributed by atoms with Crippen LogP contribution in [0.1, 0.15) is 40.5 Å². The maximum Gasteiger partial charge on any atom is 1.00 e. The normalized spacial score (nSPS) is 13.4. The fourth-order valence-electron chi connectivity index (χ4n) is 2.57. The monoisotopic (exact) mass is 388 g/mol. The largest absolute Gasteiger partial charge is 1.00 e. The summed E-state index contributed by atoms with van der Waals surface area (Å²) in [6, 6.07) is 20.4. The van der Waals surface area contributed by atoms with Gasteiger partial charge in [0.1, 0.15) is 0 Å². The Morgan fingerprint density at radius 1 is 0.931 bits per heavy atom. The summed E-state index contributed by atoms with van der Waals surface area (Å²) in [5.41, 5.74) is 6.64. The molecule has 0 saturated carbocycles. The predicted molar refractivity (Wildman–Crippen MR) is 119 cm³/mol. The van der Waals surface area contributed by atoms with Gasteiger partial charge in [-0.3, -0.25) is 4.99 Å². The Bertz CT molecular complexity index is 681. The molecule has 2 aromatic rings. The van der Waals surface area contributed by atoms with Crippen molar-refractivity contribution >= 4 is 17.3 Å². The first-order valence-electron chi connectivity index (χ1n) is 10.1. The van der Waals surface area contributed by atoms with Gasteiger partial charge in [0.15, 0.2) is 5.96 Å². The average molecular weight is 388 g/mol. The van der Waals surface area contributed by atoms with Crippen LogP contribution in [0.5, 0.6) is 0 Å². The smallest absolute Gasteiger partial charge is 0.588 e. The molecular formula is C23H33LiN4O. The van der Waals surface area contributed by atoms with Crippen LogP contribution in [-0.2, 0) is 4.74 Å². The maximum absolute atomic E-state index is 4.94. The van der Waals surface area contributed by atoms with E-state index in [1.807, 2.05) is 65.7 Å². The zero-order chi connectivity index (χ0) is 20.2. The fraction of sp³-hybridized carbons (Fsp3) is 0.435. The molecule has 0 spiro atoms. The molecule has 1 fully saturated rings. The van der Waals surface area contributed by atoms with Crippen LogP contribution in [0.2, 0.25) is 0 Å². The second kappa shape index (κ2) is 14.1. The summed E-state index contributed by atoms with van der Waals surface area (Å²) < 4.78 is 4.94. The first kappa shape index (κ1) is 25.1. The van der Waals surface area contributed by atoms with Gasteiger partial charge in [-0.25, -0.2) is 0 Å². The molecule has 0 amide bonds. The van der Waals surface area contributed by atoms with Gasteiger partial charge in [-0.15, -0.1) is 5.69 Å². The number of hydrogen-bond donors (Lipinski definition) is 1. The van der Waals surface area contributed by atoms with Crippen molar-refractivity contribution in [3.8, 4) is 0 Å². The van der Waals surface area contributed by atoms with E-state index in [2.05, 4.69) is 33.0 Å². The standard InChI is InChI=1S/C19H25N4.C4H8O.Li/c1-15(2)20-19(21-16(3)4)23(18-13-9-6-10-14-18)22-17-11-7-5-8-12-17;1-2-4-5-3-1;/h5-16H,1-4H3,(H,20,21);1-4H2;/q-1;;+1. The number of guanidine groups is 1. The van der Waals surface area contributed by atoms with E-state index in [-0.39, 0.29) is 30.9 Å². The van der Waals surface area contributed by atoms with Gasteiger partial charge in [0.25, 0.3) is 0 Å². The molecule has 0 aliphatic carbocycles. The van der Waals surface area contributed by atoms with Gasteiger partial charge in [0.05, 0.1) is 0 Å². The third kappa shape index (κ3) is 9.89. The van der Waals surface area contributed by atoms with E-state index in [0.29, 0.717) is 0 Å². The molecule has 6 heteroatoms. The van der Waals surface area contributed by atoms with E-state index >= 15 is 0 Å². The quantitative estimate of drug-likeness (QED) is 0.371. The van der Waals surface area contributed by atoms with Crippen molar-refractivity contribution in [2.45, 2.75) is 52.6 Å². The zero-order valence-electron chi connectivity index (χ0n) is 18.5. The number of nitrogens with zero attached hydrogens (tertiary/aromatic N) is 3. The molecule has 1 aliphatic rings.